The lowest BCUT2D eigenvalue weighted by molar-refractivity contribution is -0.114. The van der Waals surface area contributed by atoms with Gasteiger partial charge in [-0.25, -0.2) is 0 Å². The van der Waals surface area contributed by atoms with Gasteiger partial charge in [0.1, 0.15) is 0 Å². The van der Waals surface area contributed by atoms with E-state index in [1.54, 1.807) is 6.08 Å². The van der Waals surface area contributed by atoms with Crippen molar-refractivity contribution in [2.75, 3.05) is 19.6 Å². The summed E-state index contributed by atoms with van der Waals surface area (Å²) in [6.45, 7) is 3.34. The Morgan fingerprint density at radius 2 is 1.95 bits per heavy atom. The smallest absolute Gasteiger partial charge is 0.156 e. The minimum atomic E-state index is 0.244. The zero-order chi connectivity index (χ0) is 14.5. The molecule has 1 heterocycles. The summed E-state index contributed by atoms with van der Waals surface area (Å²) in [4.78, 5) is 14.5. The number of hydrogen-bond acceptors (Lipinski definition) is 2. The fraction of sp³-hybridized carbons (Fsp3) is 0.526. The Morgan fingerprint density at radius 1 is 1.14 bits per heavy atom. The Balaban J connectivity index is 1.44. The van der Waals surface area contributed by atoms with Gasteiger partial charge in [0.2, 0.25) is 0 Å². The van der Waals surface area contributed by atoms with Crippen LogP contribution in [-0.4, -0.2) is 30.3 Å². The minimum Gasteiger partial charge on any atom is -0.303 e. The van der Waals surface area contributed by atoms with Gasteiger partial charge >= 0.3 is 0 Å². The van der Waals surface area contributed by atoms with Gasteiger partial charge in [0.15, 0.2) is 5.78 Å². The van der Waals surface area contributed by atoms with Gasteiger partial charge in [-0.15, -0.1) is 0 Å². The average molecular weight is 283 g/mol. The highest BCUT2D eigenvalue weighted by Gasteiger charge is 2.29. The molecular weight excluding hydrogens is 258 g/mol. The molecule has 0 spiro atoms. The Bertz CT molecular complexity index is 494. The third-order valence-corrected chi connectivity index (χ3v) is 4.96. The van der Waals surface area contributed by atoms with Crippen molar-refractivity contribution in [3.8, 4) is 0 Å². The van der Waals surface area contributed by atoms with Gasteiger partial charge in [0, 0.05) is 19.5 Å². The molecule has 0 N–H and O–H groups in total. The number of hydrogen-bond donors (Lipinski definition) is 0. The first-order valence-electron chi connectivity index (χ1n) is 8.28. The molecule has 0 unspecified atom stereocenters. The van der Waals surface area contributed by atoms with Gasteiger partial charge < -0.3 is 4.90 Å². The summed E-state index contributed by atoms with van der Waals surface area (Å²) < 4.78 is 0. The number of rotatable bonds is 5. The Morgan fingerprint density at radius 3 is 2.81 bits per heavy atom. The molecule has 1 aliphatic heterocycles. The second-order valence-corrected chi connectivity index (χ2v) is 6.59. The predicted molar refractivity (Wildman–Crippen MR) is 87.0 cm³/mol. The molecule has 1 saturated carbocycles. The summed E-state index contributed by atoms with van der Waals surface area (Å²) in [5, 5.41) is 0. The molecule has 1 aliphatic carbocycles. The van der Waals surface area contributed by atoms with Crippen molar-refractivity contribution in [1.82, 2.24) is 4.90 Å². The number of fused-ring (bicyclic) bond motifs is 2. The van der Waals surface area contributed by atoms with Crippen LogP contribution in [0, 0.1) is 11.8 Å². The predicted octanol–water partition coefficient (Wildman–Crippen LogP) is 3.78. The first-order valence-corrected chi connectivity index (χ1v) is 8.28. The highest BCUT2D eigenvalue weighted by molar-refractivity contribution is 5.93. The quantitative estimate of drug-likeness (QED) is 0.766. The van der Waals surface area contributed by atoms with E-state index in [1.165, 1.54) is 38.8 Å². The SMILES string of the molecule is O=C(/C=C\c1ccccc1)CCN1CC[C@@H]2CC[C@@H](C2)C1. The fourth-order valence-corrected chi connectivity index (χ4v) is 3.74. The maximum Gasteiger partial charge on any atom is 0.156 e. The molecule has 0 radical (unpaired) electrons. The molecule has 0 aromatic heterocycles. The van der Waals surface area contributed by atoms with Gasteiger partial charge in [0.05, 0.1) is 0 Å². The van der Waals surface area contributed by atoms with E-state index < -0.39 is 0 Å². The largest absolute Gasteiger partial charge is 0.303 e. The zero-order valence-electron chi connectivity index (χ0n) is 12.7. The van der Waals surface area contributed by atoms with E-state index in [1.807, 2.05) is 36.4 Å². The van der Waals surface area contributed by atoms with Gasteiger partial charge in [-0.1, -0.05) is 42.8 Å². The maximum atomic E-state index is 12.0. The second kappa shape index (κ2) is 7.04. The summed E-state index contributed by atoms with van der Waals surface area (Å²) >= 11 is 0. The van der Waals surface area contributed by atoms with Crippen molar-refractivity contribution in [3.05, 3.63) is 42.0 Å². The normalized spacial score (nSPS) is 26.1. The number of allylic oxidation sites excluding steroid dienone is 1. The fourth-order valence-electron chi connectivity index (χ4n) is 3.74. The second-order valence-electron chi connectivity index (χ2n) is 6.59. The standard InChI is InChI=1S/C19H25NO/c21-19(9-8-16-4-2-1-3-5-16)11-13-20-12-10-17-6-7-18(14-17)15-20/h1-5,8-9,17-18H,6-7,10-15H2/b9-8-/t17-,18-/m0/s1. The first kappa shape index (κ1) is 14.5. The first-order chi connectivity index (χ1) is 10.3. The van der Waals surface area contributed by atoms with Crippen molar-refractivity contribution in [2.45, 2.75) is 32.1 Å². The van der Waals surface area contributed by atoms with E-state index in [0.29, 0.717) is 6.42 Å². The van der Waals surface area contributed by atoms with Crippen molar-refractivity contribution in [2.24, 2.45) is 11.8 Å². The van der Waals surface area contributed by atoms with Crippen LogP contribution in [0.1, 0.15) is 37.7 Å². The molecule has 112 valence electrons. The molecule has 2 atom stereocenters. The molecule has 1 aromatic carbocycles. The topological polar surface area (TPSA) is 20.3 Å². The molecule has 0 amide bonds. The van der Waals surface area contributed by atoms with E-state index >= 15 is 0 Å². The van der Waals surface area contributed by atoms with Gasteiger partial charge in [-0.05, 0) is 49.3 Å². The lowest BCUT2D eigenvalue weighted by Gasteiger charge is -2.23. The third-order valence-electron chi connectivity index (χ3n) is 4.96. The molecule has 2 aliphatic rings. The van der Waals surface area contributed by atoms with Gasteiger partial charge in [0.25, 0.3) is 0 Å². The molecule has 2 fully saturated rings. The monoisotopic (exact) mass is 283 g/mol. The summed E-state index contributed by atoms with van der Waals surface area (Å²) in [5.74, 6) is 2.11. The van der Waals surface area contributed by atoms with Gasteiger partial charge in [-0.2, -0.15) is 0 Å². The molecule has 3 rings (SSSR count). The summed E-state index contributed by atoms with van der Waals surface area (Å²) in [6, 6.07) is 10.0. The maximum absolute atomic E-state index is 12.0. The zero-order valence-corrected chi connectivity index (χ0v) is 12.7. The van der Waals surface area contributed by atoms with Gasteiger partial charge in [-0.3, -0.25) is 4.79 Å². The van der Waals surface area contributed by atoms with Crippen LogP contribution in [0.2, 0.25) is 0 Å². The van der Waals surface area contributed by atoms with Crippen LogP contribution in [0.5, 0.6) is 0 Å². The average Bonchev–Trinajstić information content (AvgIpc) is 2.85. The molecule has 21 heavy (non-hydrogen) atoms. The minimum absolute atomic E-state index is 0.244. The van der Waals surface area contributed by atoms with Crippen molar-refractivity contribution < 1.29 is 4.79 Å². The molecule has 1 saturated heterocycles. The molecule has 2 heteroatoms. The highest BCUT2D eigenvalue weighted by atomic mass is 16.1. The Labute approximate surface area is 127 Å². The van der Waals surface area contributed by atoms with Crippen LogP contribution in [0.25, 0.3) is 6.08 Å². The lowest BCUT2D eigenvalue weighted by atomic mass is 10.0. The molecule has 2 bridgehead atoms. The molecule has 1 aromatic rings. The van der Waals surface area contributed by atoms with Crippen molar-refractivity contribution in [3.63, 3.8) is 0 Å². The number of carbonyl (C=O) groups excluding carboxylic acids is 1. The summed E-state index contributed by atoms with van der Waals surface area (Å²) in [7, 11) is 0. The van der Waals surface area contributed by atoms with Crippen LogP contribution < -0.4 is 0 Å². The van der Waals surface area contributed by atoms with Crippen LogP contribution in [0.3, 0.4) is 0 Å². The number of nitrogens with zero attached hydrogens (tertiary/aromatic N) is 1. The summed E-state index contributed by atoms with van der Waals surface area (Å²) in [6.07, 6.45) is 9.93. The van der Waals surface area contributed by atoms with E-state index in [0.717, 1.165) is 23.9 Å². The van der Waals surface area contributed by atoms with Crippen molar-refractivity contribution in [1.29, 1.82) is 0 Å². The number of benzene rings is 1. The Kier molecular flexibility index (Phi) is 4.87. The number of ketones is 1. The Hall–Kier alpha value is -1.41. The molecule has 2 nitrogen and oxygen atoms in total. The van der Waals surface area contributed by atoms with E-state index in [-0.39, 0.29) is 5.78 Å². The number of carbonyl (C=O) groups is 1. The summed E-state index contributed by atoms with van der Waals surface area (Å²) in [5.41, 5.74) is 1.10. The van der Waals surface area contributed by atoms with Crippen LogP contribution in [0.4, 0.5) is 0 Å². The van der Waals surface area contributed by atoms with Crippen LogP contribution in [0.15, 0.2) is 36.4 Å². The van der Waals surface area contributed by atoms with E-state index in [2.05, 4.69) is 4.90 Å². The van der Waals surface area contributed by atoms with E-state index in [4.69, 9.17) is 0 Å². The highest BCUT2D eigenvalue weighted by Crippen LogP contribution is 2.36. The molecular formula is C19H25NO. The van der Waals surface area contributed by atoms with Crippen LogP contribution in [-0.2, 0) is 4.79 Å². The van der Waals surface area contributed by atoms with Crippen LogP contribution >= 0.6 is 0 Å². The van der Waals surface area contributed by atoms with Crippen molar-refractivity contribution >= 4 is 11.9 Å². The third kappa shape index (κ3) is 4.28. The van der Waals surface area contributed by atoms with E-state index in [9.17, 15) is 4.79 Å². The lowest BCUT2D eigenvalue weighted by Crippen LogP contribution is -2.31. The number of likely N-dealkylation sites (tertiary alicyclic amines) is 1.